The SMILES string of the molecule is Cn1ccc(C(=O)OCC=Cc2ccccc2)cc1=O. The molecule has 4 heteroatoms. The van der Waals surface area contributed by atoms with Gasteiger partial charge in [0.15, 0.2) is 0 Å². The first-order chi connectivity index (χ1) is 9.66. The van der Waals surface area contributed by atoms with Crippen LogP contribution in [0.2, 0.25) is 0 Å². The molecular formula is C16H15NO3. The van der Waals surface area contributed by atoms with Crippen LogP contribution in [0.5, 0.6) is 0 Å². The van der Waals surface area contributed by atoms with Crippen LogP contribution in [0.4, 0.5) is 0 Å². The second-order valence-corrected chi connectivity index (χ2v) is 4.28. The number of aryl methyl sites for hydroxylation is 1. The van der Waals surface area contributed by atoms with E-state index in [0.717, 1.165) is 5.56 Å². The number of aromatic nitrogens is 1. The zero-order valence-corrected chi connectivity index (χ0v) is 11.2. The third-order valence-corrected chi connectivity index (χ3v) is 2.76. The van der Waals surface area contributed by atoms with E-state index >= 15 is 0 Å². The average Bonchev–Trinajstić information content (AvgIpc) is 2.47. The van der Waals surface area contributed by atoms with Crippen LogP contribution in [-0.2, 0) is 11.8 Å². The Morgan fingerprint density at radius 3 is 2.70 bits per heavy atom. The van der Waals surface area contributed by atoms with Crippen LogP contribution in [-0.4, -0.2) is 17.1 Å². The highest BCUT2D eigenvalue weighted by Gasteiger charge is 2.06. The first-order valence-corrected chi connectivity index (χ1v) is 6.22. The van der Waals surface area contributed by atoms with Gasteiger partial charge in [0.05, 0.1) is 5.56 Å². The van der Waals surface area contributed by atoms with Crippen molar-refractivity contribution in [2.75, 3.05) is 6.61 Å². The van der Waals surface area contributed by atoms with Crippen molar-refractivity contribution in [2.45, 2.75) is 0 Å². The molecule has 0 aliphatic carbocycles. The van der Waals surface area contributed by atoms with Crippen molar-refractivity contribution in [3.05, 3.63) is 76.2 Å². The number of ether oxygens (including phenoxy) is 1. The third-order valence-electron chi connectivity index (χ3n) is 2.76. The smallest absolute Gasteiger partial charge is 0.338 e. The van der Waals surface area contributed by atoms with Crippen molar-refractivity contribution in [3.8, 4) is 0 Å². The molecule has 0 saturated carbocycles. The fourth-order valence-corrected chi connectivity index (χ4v) is 1.63. The minimum Gasteiger partial charge on any atom is -0.458 e. The molecule has 0 unspecified atom stereocenters. The Morgan fingerprint density at radius 1 is 1.25 bits per heavy atom. The molecule has 1 aromatic heterocycles. The molecule has 4 nitrogen and oxygen atoms in total. The van der Waals surface area contributed by atoms with Crippen LogP contribution >= 0.6 is 0 Å². The van der Waals surface area contributed by atoms with Crippen molar-refractivity contribution in [1.82, 2.24) is 4.57 Å². The van der Waals surface area contributed by atoms with E-state index in [1.807, 2.05) is 36.4 Å². The topological polar surface area (TPSA) is 48.3 Å². The molecule has 1 heterocycles. The Kier molecular flexibility index (Phi) is 4.50. The van der Waals surface area contributed by atoms with Gasteiger partial charge in [0.2, 0.25) is 0 Å². The predicted octanol–water partition coefficient (Wildman–Crippen LogP) is 2.26. The lowest BCUT2D eigenvalue weighted by molar-refractivity contribution is 0.0549. The highest BCUT2D eigenvalue weighted by atomic mass is 16.5. The second-order valence-electron chi connectivity index (χ2n) is 4.28. The summed E-state index contributed by atoms with van der Waals surface area (Å²) in [6, 6.07) is 12.6. The summed E-state index contributed by atoms with van der Waals surface area (Å²) in [6.45, 7) is 0.170. The van der Waals surface area contributed by atoms with Gasteiger partial charge in [0, 0.05) is 19.3 Å². The van der Waals surface area contributed by atoms with Crippen LogP contribution in [0.25, 0.3) is 6.08 Å². The van der Waals surface area contributed by atoms with Gasteiger partial charge in [-0.25, -0.2) is 4.79 Å². The van der Waals surface area contributed by atoms with Gasteiger partial charge >= 0.3 is 5.97 Å². The molecule has 0 atom stereocenters. The summed E-state index contributed by atoms with van der Waals surface area (Å²) < 4.78 is 6.47. The van der Waals surface area contributed by atoms with E-state index in [1.54, 1.807) is 25.4 Å². The quantitative estimate of drug-likeness (QED) is 0.800. The summed E-state index contributed by atoms with van der Waals surface area (Å²) in [5, 5.41) is 0. The van der Waals surface area contributed by atoms with Crippen LogP contribution < -0.4 is 5.56 Å². The molecule has 0 aliphatic heterocycles. The van der Waals surface area contributed by atoms with E-state index in [9.17, 15) is 9.59 Å². The number of nitrogens with zero attached hydrogens (tertiary/aromatic N) is 1. The molecule has 0 spiro atoms. The maximum Gasteiger partial charge on any atom is 0.338 e. The van der Waals surface area contributed by atoms with E-state index in [-0.39, 0.29) is 17.7 Å². The van der Waals surface area contributed by atoms with Gasteiger partial charge in [-0.05, 0) is 17.7 Å². The highest BCUT2D eigenvalue weighted by Crippen LogP contribution is 2.02. The Balaban J connectivity index is 1.91. The van der Waals surface area contributed by atoms with Gasteiger partial charge < -0.3 is 9.30 Å². The van der Waals surface area contributed by atoms with Crippen molar-refractivity contribution in [2.24, 2.45) is 7.05 Å². The molecule has 0 N–H and O–H groups in total. The number of rotatable bonds is 4. The molecule has 0 fully saturated rings. The zero-order chi connectivity index (χ0) is 14.4. The Morgan fingerprint density at radius 2 is 2.00 bits per heavy atom. The standard InChI is InChI=1S/C16H15NO3/c1-17-10-9-14(12-15(17)18)16(19)20-11-5-8-13-6-3-2-4-7-13/h2-10,12H,11H2,1H3. The number of hydrogen-bond acceptors (Lipinski definition) is 3. The van der Waals surface area contributed by atoms with Crippen LogP contribution in [0.3, 0.4) is 0 Å². The van der Waals surface area contributed by atoms with E-state index in [1.165, 1.54) is 10.6 Å². The van der Waals surface area contributed by atoms with Gasteiger partial charge in [-0.2, -0.15) is 0 Å². The number of carbonyl (C=O) groups excluding carboxylic acids is 1. The number of benzene rings is 1. The molecule has 0 bridgehead atoms. The number of esters is 1. The first-order valence-electron chi connectivity index (χ1n) is 6.22. The molecule has 2 rings (SSSR count). The molecule has 102 valence electrons. The fourth-order valence-electron chi connectivity index (χ4n) is 1.63. The van der Waals surface area contributed by atoms with Crippen molar-refractivity contribution in [3.63, 3.8) is 0 Å². The maximum absolute atomic E-state index is 11.7. The summed E-state index contributed by atoms with van der Waals surface area (Å²) in [5.41, 5.74) is 1.07. The van der Waals surface area contributed by atoms with Gasteiger partial charge in [-0.1, -0.05) is 36.4 Å². The second kappa shape index (κ2) is 6.52. The number of hydrogen-bond donors (Lipinski definition) is 0. The largest absolute Gasteiger partial charge is 0.458 e. The highest BCUT2D eigenvalue weighted by molar-refractivity contribution is 5.89. The van der Waals surface area contributed by atoms with E-state index in [4.69, 9.17) is 4.74 Å². The molecular weight excluding hydrogens is 254 g/mol. The average molecular weight is 269 g/mol. The lowest BCUT2D eigenvalue weighted by Gasteiger charge is -2.02. The lowest BCUT2D eigenvalue weighted by Crippen LogP contribution is -2.17. The number of carbonyl (C=O) groups is 1. The van der Waals surface area contributed by atoms with Gasteiger partial charge in [0.25, 0.3) is 5.56 Å². The molecule has 0 saturated heterocycles. The van der Waals surface area contributed by atoms with Crippen LogP contribution in [0, 0.1) is 0 Å². The van der Waals surface area contributed by atoms with E-state index in [2.05, 4.69) is 0 Å². The Hall–Kier alpha value is -2.62. The van der Waals surface area contributed by atoms with E-state index < -0.39 is 5.97 Å². The molecule has 0 radical (unpaired) electrons. The van der Waals surface area contributed by atoms with Gasteiger partial charge in [0.1, 0.15) is 6.61 Å². The van der Waals surface area contributed by atoms with Crippen LogP contribution in [0.15, 0.2) is 59.5 Å². The summed E-state index contributed by atoms with van der Waals surface area (Å²) in [5.74, 6) is -0.500. The minimum absolute atomic E-state index is 0.170. The normalized spacial score (nSPS) is 10.7. The summed E-state index contributed by atoms with van der Waals surface area (Å²) in [7, 11) is 1.63. The molecule has 2 aromatic rings. The first kappa shape index (κ1) is 13.8. The fraction of sp³-hybridized carbons (Fsp3) is 0.125. The van der Waals surface area contributed by atoms with Gasteiger partial charge in [-0.3, -0.25) is 4.79 Å². The van der Waals surface area contributed by atoms with Crippen molar-refractivity contribution >= 4 is 12.0 Å². The molecule has 1 aromatic carbocycles. The number of pyridine rings is 1. The molecule has 0 aliphatic rings. The lowest BCUT2D eigenvalue weighted by atomic mass is 10.2. The van der Waals surface area contributed by atoms with Crippen molar-refractivity contribution in [1.29, 1.82) is 0 Å². The van der Waals surface area contributed by atoms with E-state index in [0.29, 0.717) is 0 Å². The minimum atomic E-state index is -0.500. The third kappa shape index (κ3) is 3.68. The summed E-state index contributed by atoms with van der Waals surface area (Å²) in [6.07, 6.45) is 5.17. The Labute approximate surface area is 116 Å². The van der Waals surface area contributed by atoms with Gasteiger partial charge in [-0.15, -0.1) is 0 Å². The van der Waals surface area contributed by atoms with Crippen molar-refractivity contribution < 1.29 is 9.53 Å². The molecule has 20 heavy (non-hydrogen) atoms. The summed E-state index contributed by atoms with van der Waals surface area (Å²) in [4.78, 5) is 23.1. The monoisotopic (exact) mass is 269 g/mol. The summed E-state index contributed by atoms with van der Waals surface area (Å²) >= 11 is 0. The van der Waals surface area contributed by atoms with Crippen LogP contribution in [0.1, 0.15) is 15.9 Å². The maximum atomic E-state index is 11.7. The molecule has 0 amide bonds. The Bertz CT molecular complexity index is 672. The zero-order valence-electron chi connectivity index (χ0n) is 11.2. The predicted molar refractivity (Wildman–Crippen MR) is 77.4 cm³/mol.